The molecule has 0 aliphatic rings. The largest absolute Gasteiger partial charge is 0.489 e. The topological polar surface area (TPSA) is 42.4 Å². The molecular weight excluding hydrogens is 309 g/mol. The van der Waals surface area contributed by atoms with Crippen LogP contribution in [0.5, 0.6) is 5.75 Å². The average Bonchev–Trinajstić information content (AvgIpc) is 2.41. The lowest BCUT2D eigenvalue weighted by atomic mass is 10.0. The van der Waals surface area contributed by atoms with Crippen LogP contribution < -0.4 is 4.74 Å². The molecule has 2 aromatic rings. The van der Waals surface area contributed by atoms with E-state index in [1.807, 2.05) is 19.9 Å². The normalized spacial score (nSPS) is 12.5. The van der Waals surface area contributed by atoms with E-state index in [0.29, 0.717) is 27.8 Å². The summed E-state index contributed by atoms with van der Waals surface area (Å²) < 4.78 is 5.58. The Labute approximate surface area is 134 Å². The van der Waals surface area contributed by atoms with Crippen molar-refractivity contribution >= 4 is 23.2 Å². The van der Waals surface area contributed by atoms with Crippen molar-refractivity contribution in [2.75, 3.05) is 0 Å². The fourth-order valence-corrected chi connectivity index (χ4v) is 2.45. The Balaban J connectivity index is 2.14. The zero-order valence-electron chi connectivity index (χ0n) is 11.9. The highest BCUT2D eigenvalue weighted by molar-refractivity contribution is 6.35. The van der Waals surface area contributed by atoms with Crippen molar-refractivity contribution in [2.24, 2.45) is 0 Å². The van der Waals surface area contributed by atoms with E-state index in [4.69, 9.17) is 27.9 Å². The standard InChI is InChI=1S/C16H17Cl2NO2/c1-10(2)21-14-5-12(8-19-9-14)16(20)6-11-3-4-13(17)7-15(11)18/h3-5,7-10,16,20H,6H2,1-2H3. The van der Waals surface area contributed by atoms with Gasteiger partial charge in [0.05, 0.1) is 18.4 Å². The van der Waals surface area contributed by atoms with Crippen LogP contribution in [0.3, 0.4) is 0 Å². The molecule has 3 nitrogen and oxygen atoms in total. The van der Waals surface area contributed by atoms with E-state index in [9.17, 15) is 5.11 Å². The first-order valence-corrected chi connectivity index (χ1v) is 7.45. The van der Waals surface area contributed by atoms with Crippen LogP contribution in [0.15, 0.2) is 36.7 Å². The first-order valence-electron chi connectivity index (χ1n) is 6.69. The van der Waals surface area contributed by atoms with Crippen LogP contribution in [-0.2, 0) is 6.42 Å². The number of aromatic nitrogens is 1. The van der Waals surface area contributed by atoms with Crippen LogP contribution in [0.4, 0.5) is 0 Å². The second-order valence-corrected chi connectivity index (χ2v) is 5.92. The quantitative estimate of drug-likeness (QED) is 0.882. The Hall–Kier alpha value is -1.29. The number of halogens is 2. The van der Waals surface area contributed by atoms with Crippen LogP contribution in [0.2, 0.25) is 10.0 Å². The first kappa shape index (κ1) is 16.1. The number of hydrogen-bond acceptors (Lipinski definition) is 3. The van der Waals surface area contributed by atoms with Crippen molar-refractivity contribution in [2.45, 2.75) is 32.5 Å². The molecule has 0 saturated heterocycles. The maximum atomic E-state index is 10.3. The Morgan fingerprint density at radius 1 is 1.19 bits per heavy atom. The zero-order valence-corrected chi connectivity index (χ0v) is 13.4. The highest BCUT2D eigenvalue weighted by atomic mass is 35.5. The molecule has 21 heavy (non-hydrogen) atoms. The summed E-state index contributed by atoms with van der Waals surface area (Å²) in [6.07, 6.45) is 3.01. The molecule has 0 aliphatic carbocycles. The van der Waals surface area contributed by atoms with Gasteiger partial charge in [0, 0.05) is 28.2 Å². The van der Waals surface area contributed by atoms with Crippen molar-refractivity contribution in [1.29, 1.82) is 0 Å². The third kappa shape index (κ3) is 4.60. The molecule has 0 spiro atoms. The number of hydrogen-bond donors (Lipinski definition) is 1. The minimum atomic E-state index is -0.702. The van der Waals surface area contributed by atoms with Crippen LogP contribution in [0.1, 0.15) is 31.1 Å². The van der Waals surface area contributed by atoms with Crippen LogP contribution in [-0.4, -0.2) is 16.2 Å². The molecule has 1 unspecified atom stereocenters. The lowest BCUT2D eigenvalue weighted by Gasteiger charge is -2.14. The van der Waals surface area contributed by atoms with E-state index in [-0.39, 0.29) is 6.10 Å². The Morgan fingerprint density at radius 2 is 1.95 bits per heavy atom. The summed E-state index contributed by atoms with van der Waals surface area (Å²) in [6, 6.07) is 7.03. The monoisotopic (exact) mass is 325 g/mol. The molecule has 1 heterocycles. The van der Waals surface area contributed by atoms with E-state index in [0.717, 1.165) is 5.56 Å². The minimum absolute atomic E-state index is 0.0601. The third-order valence-electron chi connectivity index (χ3n) is 2.92. The van der Waals surface area contributed by atoms with Gasteiger partial charge in [0.25, 0.3) is 0 Å². The van der Waals surface area contributed by atoms with Crippen LogP contribution in [0, 0.1) is 0 Å². The molecule has 0 radical (unpaired) electrons. The van der Waals surface area contributed by atoms with E-state index < -0.39 is 6.10 Å². The van der Waals surface area contributed by atoms with Crippen molar-refractivity contribution in [1.82, 2.24) is 4.98 Å². The number of pyridine rings is 1. The van der Waals surface area contributed by atoms with Gasteiger partial charge in [-0.15, -0.1) is 0 Å². The van der Waals surface area contributed by atoms with Crippen LogP contribution >= 0.6 is 23.2 Å². The number of nitrogens with zero attached hydrogens (tertiary/aromatic N) is 1. The summed E-state index contributed by atoms with van der Waals surface area (Å²) >= 11 is 12.0. The number of benzene rings is 1. The van der Waals surface area contributed by atoms with Crippen molar-refractivity contribution in [3.8, 4) is 5.75 Å². The smallest absolute Gasteiger partial charge is 0.138 e. The SMILES string of the molecule is CC(C)Oc1cncc(C(O)Cc2ccc(Cl)cc2Cl)c1. The predicted molar refractivity (Wildman–Crippen MR) is 85.1 cm³/mol. The molecule has 1 aromatic carbocycles. The molecule has 0 saturated carbocycles. The summed E-state index contributed by atoms with van der Waals surface area (Å²) in [5, 5.41) is 11.5. The Bertz CT molecular complexity index is 617. The molecule has 0 aliphatic heterocycles. The molecule has 1 N–H and O–H groups in total. The van der Waals surface area contributed by atoms with E-state index in [1.54, 1.807) is 30.6 Å². The molecule has 1 aromatic heterocycles. The summed E-state index contributed by atoms with van der Waals surface area (Å²) in [7, 11) is 0. The molecule has 1 atom stereocenters. The molecule has 0 fully saturated rings. The number of aliphatic hydroxyl groups excluding tert-OH is 1. The van der Waals surface area contributed by atoms with Gasteiger partial charge in [-0.1, -0.05) is 29.3 Å². The van der Waals surface area contributed by atoms with Gasteiger partial charge in [-0.2, -0.15) is 0 Å². The molecule has 0 amide bonds. The maximum absolute atomic E-state index is 10.3. The maximum Gasteiger partial charge on any atom is 0.138 e. The highest BCUT2D eigenvalue weighted by Crippen LogP contribution is 2.27. The van der Waals surface area contributed by atoms with E-state index >= 15 is 0 Å². The second-order valence-electron chi connectivity index (χ2n) is 5.08. The van der Waals surface area contributed by atoms with Gasteiger partial charge in [-0.3, -0.25) is 4.98 Å². The fourth-order valence-electron chi connectivity index (χ4n) is 1.97. The molecule has 112 valence electrons. The zero-order chi connectivity index (χ0) is 15.4. The summed E-state index contributed by atoms with van der Waals surface area (Å²) in [5.41, 5.74) is 1.53. The first-order chi connectivity index (χ1) is 9.95. The molecule has 0 bridgehead atoms. The van der Waals surface area contributed by atoms with Gasteiger partial charge in [-0.05, 0) is 37.6 Å². The predicted octanol–water partition coefficient (Wildman–Crippen LogP) is 4.45. The lowest BCUT2D eigenvalue weighted by molar-refractivity contribution is 0.176. The average molecular weight is 326 g/mol. The van der Waals surface area contributed by atoms with Crippen molar-refractivity contribution in [3.05, 3.63) is 57.8 Å². The van der Waals surface area contributed by atoms with Gasteiger partial charge in [0.2, 0.25) is 0 Å². The van der Waals surface area contributed by atoms with Gasteiger partial charge < -0.3 is 9.84 Å². The van der Waals surface area contributed by atoms with E-state index in [1.165, 1.54) is 0 Å². The van der Waals surface area contributed by atoms with Gasteiger partial charge >= 0.3 is 0 Å². The minimum Gasteiger partial charge on any atom is -0.489 e. The number of ether oxygens (including phenoxy) is 1. The number of rotatable bonds is 5. The summed E-state index contributed by atoms with van der Waals surface area (Å²) in [4.78, 5) is 4.10. The van der Waals surface area contributed by atoms with Gasteiger partial charge in [0.1, 0.15) is 5.75 Å². The molecule has 2 rings (SSSR count). The summed E-state index contributed by atoms with van der Waals surface area (Å²) in [5.74, 6) is 0.642. The molecule has 5 heteroatoms. The second kappa shape index (κ2) is 7.12. The Kier molecular flexibility index (Phi) is 5.45. The van der Waals surface area contributed by atoms with Crippen LogP contribution in [0.25, 0.3) is 0 Å². The van der Waals surface area contributed by atoms with Gasteiger partial charge in [0.15, 0.2) is 0 Å². The van der Waals surface area contributed by atoms with Gasteiger partial charge in [-0.25, -0.2) is 0 Å². The molecular formula is C16H17Cl2NO2. The van der Waals surface area contributed by atoms with E-state index in [2.05, 4.69) is 4.98 Å². The highest BCUT2D eigenvalue weighted by Gasteiger charge is 2.13. The summed E-state index contributed by atoms with van der Waals surface area (Å²) in [6.45, 7) is 3.88. The van der Waals surface area contributed by atoms with Crippen molar-refractivity contribution < 1.29 is 9.84 Å². The fraction of sp³-hybridized carbons (Fsp3) is 0.312. The number of aliphatic hydroxyl groups is 1. The third-order valence-corrected chi connectivity index (χ3v) is 3.51. The van der Waals surface area contributed by atoms with Crippen molar-refractivity contribution in [3.63, 3.8) is 0 Å². The lowest BCUT2D eigenvalue weighted by Crippen LogP contribution is -2.08. The Morgan fingerprint density at radius 3 is 2.62 bits per heavy atom.